The van der Waals surface area contributed by atoms with Gasteiger partial charge in [-0.15, -0.1) is 0 Å². The molecule has 158 valence electrons. The van der Waals surface area contributed by atoms with Crippen LogP contribution in [0.3, 0.4) is 0 Å². The van der Waals surface area contributed by atoms with Crippen molar-refractivity contribution in [3.05, 3.63) is 24.0 Å². The minimum atomic E-state index is -5.78. The Morgan fingerprint density at radius 2 is 2.03 bits per heavy atom. The summed E-state index contributed by atoms with van der Waals surface area (Å²) in [6, 6.07) is 1.65. The molecule has 2 aromatic rings. The van der Waals surface area contributed by atoms with Crippen molar-refractivity contribution in [2.75, 3.05) is 18.5 Å². The van der Waals surface area contributed by atoms with E-state index in [1.54, 1.807) is 12.3 Å². The first kappa shape index (κ1) is 21.0. The predicted octanol–water partition coefficient (Wildman–Crippen LogP) is 2.86. The van der Waals surface area contributed by atoms with Crippen LogP contribution in [0.4, 0.5) is 27.6 Å². The molecule has 0 aromatic carbocycles. The van der Waals surface area contributed by atoms with Crippen LogP contribution in [0.15, 0.2) is 18.5 Å². The van der Waals surface area contributed by atoms with Gasteiger partial charge < -0.3 is 16.1 Å². The number of hydrazine groups is 1. The van der Waals surface area contributed by atoms with Gasteiger partial charge in [-0.3, -0.25) is 9.59 Å². The van der Waals surface area contributed by atoms with E-state index in [2.05, 4.69) is 15.4 Å². The fourth-order valence-electron chi connectivity index (χ4n) is 3.28. The van der Waals surface area contributed by atoms with Crippen LogP contribution in [0.2, 0.25) is 0 Å². The lowest BCUT2D eigenvalue weighted by Gasteiger charge is -2.34. The summed E-state index contributed by atoms with van der Waals surface area (Å²) < 4.78 is 63.6. The molecule has 1 fully saturated rings. The first-order chi connectivity index (χ1) is 13.5. The van der Waals surface area contributed by atoms with Gasteiger partial charge in [-0.25, -0.2) is 9.99 Å². The third-order valence-corrected chi connectivity index (χ3v) is 4.81. The highest BCUT2D eigenvalue weighted by atomic mass is 19.4. The summed E-state index contributed by atoms with van der Waals surface area (Å²) >= 11 is 0. The number of carbonyl (C=O) groups is 2. The van der Waals surface area contributed by atoms with E-state index in [1.165, 1.54) is 11.2 Å². The summed E-state index contributed by atoms with van der Waals surface area (Å²) in [7, 11) is 0. The van der Waals surface area contributed by atoms with Crippen LogP contribution in [0.5, 0.6) is 0 Å². The molecule has 1 atom stereocenters. The summed E-state index contributed by atoms with van der Waals surface area (Å²) in [6.45, 7) is 0.311. The first-order valence-corrected chi connectivity index (χ1v) is 8.74. The van der Waals surface area contributed by atoms with Crippen molar-refractivity contribution in [3.63, 3.8) is 0 Å². The Balaban J connectivity index is 1.76. The van der Waals surface area contributed by atoms with Gasteiger partial charge in [-0.05, 0) is 18.9 Å². The molecular formula is C17H18F5N5O2. The number of aromatic amines is 1. The minimum absolute atomic E-state index is 0.0779. The van der Waals surface area contributed by atoms with Crippen LogP contribution >= 0.6 is 0 Å². The molecule has 4 N–H and O–H groups in total. The molecule has 0 unspecified atom stereocenters. The number of pyridine rings is 1. The van der Waals surface area contributed by atoms with Gasteiger partial charge in [0, 0.05) is 36.8 Å². The summed E-state index contributed by atoms with van der Waals surface area (Å²) in [5.41, 5.74) is 9.18. The van der Waals surface area contributed by atoms with Gasteiger partial charge in [0.1, 0.15) is 11.4 Å². The fraction of sp³-hybridized carbons (Fsp3) is 0.471. The Bertz CT molecular complexity index is 927. The number of H-pyrrole nitrogens is 1. The number of piperidine rings is 1. The summed E-state index contributed by atoms with van der Waals surface area (Å²) in [5, 5.41) is 2.05. The predicted molar refractivity (Wildman–Crippen MR) is 93.2 cm³/mol. The second-order valence-corrected chi connectivity index (χ2v) is 6.89. The molecule has 3 rings (SSSR count). The number of ketones is 1. The molecule has 7 nitrogen and oxygen atoms in total. The molecular weight excluding hydrogens is 401 g/mol. The van der Waals surface area contributed by atoms with Gasteiger partial charge in [0.15, 0.2) is 0 Å². The van der Waals surface area contributed by atoms with Gasteiger partial charge in [-0.1, -0.05) is 0 Å². The lowest BCUT2D eigenvalue weighted by atomic mass is 9.91. The Kier molecular flexibility index (Phi) is 5.48. The Morgan fingerprint density at radius 1 is 1.31 bits per heavy atom. The summed E-state index contributed by atoms with van der Waals surface area (Å²) in [5.74, 6) is -7.97. The van der Waals surface area contributed by atoms with Crippen LogP contribution in [-0.4, -0.2) is 51.9 Å². The van der Waals surface area contributed by atoms with E-state index in [0.717, 1.165) is 0 Å². The van der Waals surface area contributed by atoms with Crippen LogP contribution in [0.1, 0.15) is 29.6 Å². The normalized spacial score (nSPS) is 18.7. The molecule has 0 radical (unpaired) electrons. The second-order valence-electron chi connectivity index (χ2n) is 6.89. The second kappa shape index (κ2) is 7.58. The SMILES string of the molecule is NC(=O)c1cnc2[nH]ccc2c1NN1CCC[C@H](C(=O)CC(F)(F)C(F)(F)F)C1. The molecule has 1 aliphatic rings. The number of halogens is 5. The maximum atomic E-state index is 13.2. The number of hydrogen-bond donors (Lipinski definition) is 3. The van der Waals surface area contributed by atoms with Crippen molar-refractivity contribution in [1.29, 1.82) is 0 Å². The first-order valence-electron chi connectivity index (χ1n) is 8.74. The lowest BCUT2D eigenvalue weighted by Crippen LogP contribution is -2.45. The Morgan fingerprint density at radius 3 is 2.69 bits per heavy atom. The van der Waals surface area contributed by atoms with Crippen LogP contribution < -0.4 is 11.2 Å². The topological polar surface area (TPSA) is 104 Å². The van der Waals surface area contributed by atoms with E-state index in [1.807, 2.05) is 0 Å². The van der Waals surface area contributed by atoms with Gasteiger partial charge in [-0.2, -0.15) is 22.0 Å². The maximum Gasteiger partial charge on any atom is 0.453 e. The van der Waals surface area contributed by atoms with E-state index >= 15 is 0 Å². The number of rotatable bonds is 6. The summed E-state index contributed by atoms with van der Waals surface area (Å²) in [4.78, 5) is 30.7. The maximum absolute atomic E-state index is 13.2. The zero-order valence-corrected chi connectivity index (χ0v) is 15.0. The average molecular weight is 419 g/mol. The number of hydrogen-bond acceptors (Lipinski definition) is 5. The molecule has 0 aliphatic carbocycles. The number of carbonyl (C=O) groups excluding carboxylic acids is 2. The Hall–Kier alpha value is -2.76. The zero-order chi connectivity index (χ0) is 21.4. The fourth-order valence-corrected chi connectivity index (χ4v) is 3.28. The van der Waals surface area contributed by atoms with Crippen LogP contribution in [0, 0.1) is 5.92 Å². The monoisotopic (exact) mass is 419 g/mol. The minimum Gasteiger partial charge on any atom is -0.365 e. The van der Waals surface area contributed by atoms with E-state index in [-0.39, 0.29) is 18.5 Å². The third-order valence-electron chi connectivity index (χ3n) is 4.81. The van der Waals surface area contributed by atoms with Crippen molar-refractivity contribution in [1.82, 2.24) is 15.0 Å². The van der Waals surface area contributed by atoms with Gasteiger partial charge in [0.05, 0.1) is 17.7 Å². The highest BCUT2D eigenvalue weighted by molar-refractivity contribution is 6.05. The number of nitrogens with two attached hydrogens (primary N) is 1. The van der Waals surface area contributed by atoms with Crippen molar-refractivity contribution in [2.45, 2.75) is 31.4 Å². The number of amides is 1. The molecule has 0 spiro atoms. The van der Waals surface area contributed by atoms with E-state index < -0.39 is 36.1 Å². The zero-order valence-electron chi connectivity index (χ0n) is 15.0. The molecule has 0 saturated carbocycles. The number of Topliss-reactive ketones (excluding diaryl/α,β-unsaturated/α-hetero) is 1. The standard InChI is InChI=1S/C17H18F5N5O2/c18-16(19,17(20,21)22)6-12(28)9-2-1-5-27(8-9)26-13-10-3-4-24-15(10)25-7-11(13)14(23)29/h3-4,7,9H,1-2,5-6,8H2,(H2,23,29)(H2,24,25,26)/t9-/m0/s1. The third kappa shape index (κ3) is 4.31. The summed E-state index contributed by atoms with van der Waals surface area (Å²) in [6.07, 6.45) is -4.21. The number of fused-ring (bicyclic) bond motifs is 1. The van der Waals surface area contributed by atoms with Crippen LogP contribution in [0.25, 0.3) is 11.0 Å². The number of nitrogens with zero attached hydrogens (tertiary/aromatic N) is 2. The molecule has 3 heterocycles. The van der Waals surface area contributed by atoms with Gasteiger partial charge in [0.2, 0.25) is 0 Å². The number of alkyl halides is 5. The van der Waals surface area contributed by atoms with E-state index in [0.29, 0.717) is 29.7 Å². The van der Waals surface area contributed by atoms with Gasteiger partial charge >= 0.3 is 12.1 Å². The molecule has 2 aromatic heterocycles. The largest absolute Gasteiger partial charge is 0.453 e. The molecule has 1 saturated heterocycles. The molecule has 1 aliphatic heterocycles. The van der Waals surface area contributed by atoms with Crippen molar-refractivity contribution >= 4 is 28.4 Å². The van der Waals surface area contributed by atoms with Crippen molar-refractivity contribution in [3.8, 4) is 0 Å². The highest BCUT2D eigenvalue weighted by Gasteiger charge is 2.58. The number of nitrogens with one attached hydrogen (secondary N) is 2. The van der Waals surface area contributed by atoms with Crippen molar-refractivity contribution < 1.29 is 31.5 Å². The van der Waals surface area contributed by atoms with Crippen LogP contribution in [-0.2, 0) is 4.79 Å². The van der Waals surface area contributed by atoms with E-state index in [4.69, 9.17) is 5.73 Å². The van der Waals surface area contributed by atoms with E-state index in [9.17, 15) is 31.5 Å². The Labute approximate surface area is 161 Å². The highest BCUT2D eigenvalue weighted by Crippen LogP contribution is 2.39. The lowest BCUT2D eigenvalue weighted by molar-refractivity contribution is -0.282. The smallest absolute Gasteiger partial charge is 0.365 e. The quantitative estimate of drug-likeness (QED) is 0.625. The molecule has 1 amide bonds. The average Bonchev–Trinajstić information content (AvgIpc) is 3.10. The molecule has 12 heteroatoms. The number of primary amides is 1. The van der Waals surface area contributed by atoms with Gasteiger partial charge in [0.25, 0.3) is 5.91 Å². The molecule has 0 bridgehead atoms. The molecule has 29 heavy (non-hydrogen) atoms. The number of aromatic nitrogens is 2. The number of anilines is 1. The van der Waals surface area contributed by atoms with Crippen molar-refractivity contribution in [2.24, 2.45) is 11.7 Å².